The number of amides is 1. The van der Waals surface area contributed by atoms with Crippen molar-refractivity contribution in [3.63, 3.8) is 0 Å². The fourth-order valence-electron chi connectivity index (χ4n) is 4.99. The van der Waals surface area contributed by atoms with E-state index >= 15 is 0 Å². The molecule has 1 amide bonds. The Hall–Kier alpha value is -3.40. The third-order valence-electron chi connectivity index (χ3n) is 7.22. The van der Waals surface area contributed by atoms with Crippen LogP contribution in [0.2, 0.25) is 5.02 Å². The second kappa shape index (κ2) is 15.0. The average Bonchev–Trinajstić information content (AvgIpc) is 3.56. The first kappa shape index (κ1) is 37.1. The van der Waals surface area contributed by atoms with Crippen molar-refractivity contribution in [3.8, 4) is 0 Å². The first-order valence-corrected chi connectivity index (χ1v) is 17.2. The van der Waals surface area contributed by atoms with Gasteiger partial charge in [-0.25, -0.2) is 18.0 Å². The van der Waals surface area contributed by atoms with Crippen molar-refractivity contribution in [1.29, 1.82) is 0 Å². The zero-order valence-electron chi connectivity index (χ0n) is 26.9. The molecule has 1 aromatic carbocycles. The first-order valence-electron chi connectivity index (χ1n) is 14.9. The van der Waals surface area contributed by atoms with Crippen LogP contribution in [0, 0.1) is 5.92 Å². The van der Waals surface area contributed by atoms with Gasteiger partial charge in [0.1, 0.15) is 5.92 Å². The van der Waals surface area contributed by atoms with Crippen LogP contribution in [0.25, 0.3) is 0 Å². The van der Waals surface area contributed by atoms with Crippen molar-refractivity contribution in [2.45, 2.75) is 95.8 Å². The molecule has 1 atom stereocenters. The number of aromatic nitrogens is 3. The number of nitrogens with one attached hydrogen (secondary N) is 1. The van der Waals surface area contributed by atoms with Crippen LogP contribution in [-0.2, 0) is 35.5 Å². The Balaban J connectivity index is 0.000000289. The molecule has 2 heterocycles. The molecule has 0 radical (unpaired) electrons. The van der Waals surface area contributed by atoms with Crippen LogP contribution in [0.4, 0.5) is 4.79 Å². The number of halogens is 1. The maximum absolute atomic E-state index is 12.9. The standard InChI is InChI=1S/C20H23ClO7S.C10H19N5O2/c1-29(25,26)17-8-7-13(20(24)18-15(22)5-2-6-16(18)23)19(21)14(17)11-27-10-12-4-3-9-28-12;1-6(2)7-13-15(9(17)14(7)11)8(16)12-10(3,4)5/h7-8,12,18H,2-6,9-11H2,1H3;6H,11H2,1-5H3,(H,12,16). The Morgan fingerprint density at radius 2 is 1.78 bits per heavy atom. The van der Waals surface area contributed by atoms with Gasteiger partial charge in [0.25, 0.3) is 0 Å². The molecule has 2 aromatic rings. The smallest absolute Gasteiger partial charge is 0.373 e. The van der Waals surface area contributed by atoms with Crippen LogP contribution in [0.1, 0.15) is 94.4 Å². The van der Waals surface area contributed by atoms with Gasteiger partial charge in [0.05, 0.1) is 29.2 Å². The minimum atomic E-state index is -3.64. The summed E-state index contributed by atoms with van der Waals surface area (Å²) >= 11 is 6.41. The lowest BCUT2D eigenvalue weighted by atomic mass is 9.81. The van der Waals surface area contributed by atoms with E-state index in [4.69, 9.17) is 26.9 Å². The Labute approximate surface area is 272 Å². The van der Waals surface area contributed by atoms with Gasteiger partial charge in [0, 0.05) is 48.3 Å². The third-order valence-corrected chi connectivity index (χ3v) is 8.83. The Morgan fingerprint density at radius 1 is 1.15 bits per heavy atom. The molecule has 4 rings (SSSR count). The number of carbonyl (C=O) groups is 4. The molecule has 14 nitrogen and oxygen atoms in total. The SMILES string of the molecule is CC(C)c1nn(C(=O)NC(C)(C)C)c(=O)n1N.CS(=O)(=O)c1ccc(C(=O)C2C(=O)CCCC2=O)c(Cl)c1COCC1CCCO1. The lowest BCUT2D eigenvalue weighted by molar-refractivity contribution is -0.133. The fourth-order valence-corrected chi connectivity index (χ4v) is 6.28. The largest absolute Gasteiger partial charge is 0.376 e. The van der Waals surface area contributed by atoms with Gasteiger partial charge in [0.15, 0.2) is 33.0 Å². The number of ether oxygens (including phenoxy) is 2. The molecule has 2 aliphatic rings. The molecule has 1 saturated heterocycles. The number of nitrogens with zero attached hydrogens (tertiary/aromatic N) is 3. The molecule has 254 valence electrons. The predicted octanol–water partition coefficient (Wildman–Crippen LogP) is 2.80. The highest BCUT2D eigenvalue weighted by atomic mass is 35.5. The lowest BCUT2D eigenvalue weighted by Crippen LogP contribution is -2.47. The normalized spacial score (nSPS) is 17.6. The van der Waals surface area contributed by atoms with E-state index < -0.39 is 50.4 Å². The minimum absolute atomic E-state index is 0.0311. The van der Waals surface area contributed by atoms with Gasteiger partial charge in [-0.05, 0) is 52.2 Å². The molecule has 1 aromatic heterocycles. The van der Waals surface area contributed by atoms with Crippen LogP contribution < -0.4 is 16.8 Å². The Kier molecular flexibility index (Phi) is 12.1. The monoisotopic (exact) mass is 683 g/mol. The van der Waals surface area contributed by atoms with Crippen LogP contribution in [0.5, 0.6) is 0 Å². The number of rotatable bonds is 8. The van der Waals surface area contributed by atoms with Crippen LogP contribution in [0.3, 0.4) is 0 Å². The van der Waals surface area contributed by atoms with E-state index in [2.05, 4.69) is 10.4 Å². The number of nitrogen functional groups attached to an aromatic ring is 1. The first-order chi connectivity index (χ1) is 21.3. The van der Waals surface area contributed by atoms with E-state index in [0.717, 1.165) is 28.5 Å². The number of hydrogen-bond acceptors (Lipinski definition) is 11. The van der Waals surface area contributed by atoms with E-state index in [1.807, 2.05) is 34.6 Å². The molecule has 2 fully saturated rings. The third kappa shape index (κ3) is 9.11. The summed E-state index contributed by atoms with van der Waals surface area (Å²) < 4.78 is 37.1. The summed E-state index contributed by atoms with van der Waals surface area (Å²) in [6.45, 7) is 9.95. The fraction of sp³-hybridized carbons (Fsp3) is 0.600. The molecule has 16 heteroatoms. The Bertz CT molecular complexity index is 1640. The summed E-state index contributed by atoms with van der Waals surface area (Å²) in [6.07, 6.45) is 3.55. The molecule has 1 aliphatic carbocycles. The second-order valence-corrected chi connectivity index (χ2v) is 15.0. The maximum Gasteiger partial charge on any atom is 0.373 e. The highest BCUT2D eigenvalue weighted by Crippen LogP contribution is 2.32. The van der Waals surface area contributed by atoms with E-state index in [9.17, 15) is 32.4 Å². The summed E-state index contributed by atoms with van der Waals surface area (Å²) in [7, 11) is -3.64. The van der Waals surface area contributed by atoms with Gasteiger partial charge < -0.3 is 20.6 Å². The minimum Gasteiger partial charge on any atom is -0.376 e. The number of hydrogen-bond donors (Lipinski definition) is 2. The van der Waals surface area contributed by atoms with Crippen molar-refractivity contribution in [2.24, 2.45) is 5.92 Å². The quantitative estimate of drug-likeness (QED) is 0.236. The van der Waals surface area contributed by atoms with Gasteiger partial charge in [-0.1, -0.05) is 25.4 Å². The Morgan fingerprint density at radius 3 is 2.28 bits per heavy atom. The van der Waals surface area contributed by atoms with Crippen LogP contribution in [0.15, 0.2) is 21.8 Å². The molecular formula is C30H42ClN5O9S. The summed E-state index contributed by atoms with van der Waals surface area (Å²) in [4.78, 5) is 60.6. The number of sulfone groups is 1. The molecule has 1 aliphatic heterocycles. The predicted molar refractivity (Wildman–Crippen MR) is 169 cm³/mol. The van der Waals surface area contributed by atoms with Crippen molar-refractivity contribution < 1.29 is 37.1 Å². The summed E-state index contributed by atoms with van der Waals surface area (Å²) in [5.41, 5.74) is -0.972. The second-order valence-electron chi connectivity index (χ2n) is 12.7. The van der Waals surface area contributed by atoms with Gasteiger partial charge in [-0.15, -0.1) is 9.78 Å². The van der Waals surface area contributed by atoms with Crippen molar-refractivity contribution >= 4 is 44.8 Å². The van der Waals surface area contributed by atoms with Gasteiger partial charge in [-0.2, -0.15) is 4.68 Å². The molecule has 46 heavy (non-hydrogen) atoms. The highest BCUT2D eigenvalue weighted by Gasteiger charge is 2.38. The highest BCUT2D eigenvalue weighted by molar-refractivity contribution is 7.90. The molecule has 1 unspecified atom stereocenters. The molecule has 1 saturated carbocycles. The maximum atomic E-state index is 12.9. The van der Waals surface area contributed by atoms with Gasteiger partial charge in [-0.3, -0.25) is 14.4 Å². The van der Waals surface area contributed by atoms with Gasteiger partial charge >= 0.3 is 11.7 Å². The van der Waals surface area contributed by atoms with Crippen molar-refractivity contribution in [2.75, 3.05) is 25.3 Å². The average molecular weight is 684 g/mol. The van der Waals surface area contributed by atoms with E-state index in [1.54, 1.807) is 0 Å². The number of carbonyl (C=O) groups excluding carboxylic acids is 4. The lowest BCUT2D eigenvalue weighted by Gasteiger charge is -2.20. The zero-order valence-corrected chi connectivity index (χ0v) is 28.5. The zero-order chi connectivity index (χ0) is 34.6. The number of nitrogens with two attached hydrogens (primary N) is 1. The number of ketones is 3. The molecule has 0 spiro atoms. The molecule has 0 bridgehead atoms. The van der Waals surface area contributed by atoms with Crippen molar-refractivity contribution in [1.82, 2.24) is 19.8 Å². The number of benzene rings is 1. The van der Waals surface area contributed by atoms with Crippen LogP contribution >= 0.6 is 11.6 Å². The topological polar surface area (TPSA) is 199 Å². The summed E-state index contributed by atoms with van der Waals surface area (Å²) in [6, 6.07) is 1.96. The van der Waals surface area contributed by atoms with E-state index in [1.165, 1.54) is 12.1 Å². The van der Waals surface area contributed by atoms with Crippen LogP contribution in [-0.4, -0.2) is 77.4 Å². The summed E-state index contributed by atoms with van der Waals surface area (Å²) in [5.74, 6) is 2.98. The van der Waals surface area contributed by atoms with E-state index in [-0.39, 0.29) is 59.1 Å². The van der Waals surface area contributed by atoms with Crippen molar-refractivity contribution in [3.05, 3.63) is 44.6 Å². The number of Topliss-reactive ketones (excluding diaryl/α,β-unsaturated/α-hetero) is 3. The summed E-state index contributed by atoms with van der Waals surface area (Å²) in [5, 5.41) is 6.47. The molecular weight excluding hydrogens is 642 g/mol. The van der Waals surface area contributed by atoms with Gasteiger partial charge in [0.2, 0.25) is 0 Å². The molecule has 3 N–H and O–H groups in total. The van der Waals surface area contributed by atoms with E-state index in [0.29, 0.717) is 18.9 Å².